The van der Waals surface area contributed by atoms with Crippen LogP contribution in [-0.4, -0.2) is 29.0 Å². The van der Waals surface area contributed by atoms with Gasteiger partial charge in [-0.15, -0.1) is 11.3 Å². The first-order valence-electron chi connectivity index (χ1n) is 8.71. The van der Waals surface area contributed by atoms with Crippen LogP contribution in [0.25, 0.3) is 10.7 Å². The number of ether oxygens (including phenoxy) is 1. The maximum atomic E-state index is 12.8. The first-order valence-corrected chi connectivity index (χ1v) is 9.59. The molecule has 0 bridgehead atoms. The lowest BCUT2D eigenvalue weighted by molar-refractivity contribution is -0.121. The van der Waals surface area contributed by atoms with Crippen molar-refractivity contribution in [1.29, 1.82) is 0 Å². The molecule has 1 amide bonds. The first-order chi connectivity index (χ1) is 13.2. The number of pyridine rings is 1. The smallest absolute Gasteiger partial charge is 0.220 e. The van der Waals surface area contributed by atoms with Gasteiger partial charge in [0.1, 0.15) is 16.6 Å². The molecule has 0 unspecified atom stereocenters. The fraction of sp³-hybridized carbons (Fsp3) is 0.250. The second-order valence-electron chi connectivity index (χ2n) is 5.86. The number of thiazole rings is 1. The average molecular weight is 385 g/mol. The monoisotopic (exact) mass is 385 g/mol. The van der Waals surface area contributed by atoms with Crippen LogP contribution in [0, 0.1) is 5.82 Å². The highest BCUT2D eigenvalue weighted by Crippen LogP contribution is 2.21. The third-order valence-electron chi connectivity index (χ3n) is 3.77. The summed E-state index contributed by atoms with van der Waals surface area (Å²) in [5.74, 6) is 0.320. The topological polar surface area (TPSA) is 64.1 Å². The molecule has 2 heterocycles. The van der Waals surface area contributed by atoms with Crippen LogP contribution in [-0.2, 0) is 11.2 Å². The Morgan fingerprint density at radius 1 is 1.19 bits per heavy atom. The zero-order valence-electron chi connectivity index (χ0n) is 14.7. The van der Waals surface area contributed by atoms with E-state index in [9.17, 15) is 9.18 Å². The van der Waals surface area contributed by atoms with Gasteiger partial charge in [-0.05, 0) is 49.2 Å². The standard InChI is InChI=1S/C20H20FN3O2S/c21-15-5-8-17(9-6-15)26-13-3-12-23-19(25)10-7-16-14-27-20(24-16)18-4-1-2-11-22-18/h1-2,4-6,8-9,11,14H,3,7,10,12-13H2,(H,23,25). The number of benzene rings is 1. The second kappa shape index (κ2) is 9.78. The lowest BCUT2D eigenvalue weighted by atomic mass is 10.2. The molecule has 3 aromatic rings. The third kappa shape index (κ3) is 6.14. The van der Waals surface area contributed by atoms with Gasteiger partial charge in [-0.25, -0.2) is 9.37 Å². The number of hydrogen-bond acceptors (Lipinski definition) is 5. The Morgan fingerprint density at radius 3 is 2.81 bits per heavy atom. The molecule has 3 rings (SSSR count). The van der Waals surface area contributed by atoms with Gasteiger partial charge >= 0.3 is 0 Å². The number of rotatable bonds is 9. The normalized spacial score (nSPS) is 10.6. The van der Waals surface area contributed by atoms with Crippen molar-refractivity contribution in [2.75, 3.05) is 13.2 Å². The van der Waals surface area contributed by atoms with E-state index in [1.165, 1.54) is 23.5 Å². The molecular formula is C20H20FN3O2S. The number of aromatic nitrogens is 2. The molecule has 27 heavy (non-hydrogen) atoms. The van der Waals surface area contributed by atoms with Crippen LogP contribution in [0.15, 0.2) is 54.0 Å². The van der Waals surface area contributed by atoms with E-state index in [0.29, 0.717) is 38.2 Å². The fourth-order valence-electron chi connectivity index (χ4n) is 2.38. The van der Waals surface area contributed by atoms with Crippen molar-refractivity contribution in [2.45, 2.75) is 19.3 Å². The van der Waals surface area contributed by atoms with Crippen LogP contribution in [0.2, 0.25) is 0 Å². The predicted molar refractivity (Wildman–Crippen MR) is 103 cm³/mol. The molecule has 0 aliphatic heterocycles. The Hall–Kier alpha value is -2.80. The number of amides is 1. The first kappa shape index (κ1) is 19.0. The third-order valence-corrected chi connectivity index (χ3v) is 4.68. The van der Waals surface area contributed by atoms with E-state index in [0.717, 1.165) is 16.4 Å². The van der Waals surface area contributed by atoms with Crippen LogP contribution < -0.4 is 10.1 Å². The largest absolute Gasteiger partial charge is 0.494 e. The van der Waals surface area contributed by atoms with Crippen molar-refractivity contribution in [3.8, 4) is 16.5 Å². The van der Waals surface area contributed by atoms with E-state index >= 15 is 0 Å². The molecule has 0 saturated carbocycles. The zero-order chi connectivity index (χ0) is 18.9. The summed E-state index contributed by atoms with van der Waals surface area (Å²) >= 11 is 1.53. The molecule has 2 aromatic heterocycles. The van der Waals surface area contributed by atoms with Gasteiger partial charge < -0.3 is 10.1 Å². The Bertz CT molecular complexity index is 853. The summed E-state index contributed by atoms with van der Waals surface area (Å²) in [5, 5.41) is 5.70. The minimum atomic E-state index is -0.290. The van der Waals surface area contributed by atoms with Crippen molar-refractivity contribution >= 4 is 17.2 Å². The molecule has 140 valence electrons. The summed E-state index contributed by atoms with van der Waals surface area (Å²) in [6, 6.07) is 11.6. The number of aryl methyl sites for hydroxylation is 1. The quantitative estimate of drug-likeness (QED) is 0.568. The van der Waals surface area contributed by atoms with Crippen LogP contribution in [0.5, 0.6) is 5.75 Å². The van der Waals surface area contributed by atoms with Crippen molar-refractivity contribution < 1.29 is 13.9 Å². The Morgan fingerprint density at radius 2 is 2.04 bits per heavy atom. The van der Waals surface area contributed by atoms with E-state index in [2.05, 4.69) is 15.3 Å². The van der Waals surface area contributed by atoms with E-state index in [-0.39, 0.29) is 11.7 Å². The van der Waals surface area contributed by atoms with Gasteiger partial charge in [-0.3, -0.25) is 9.78 Å². The summed E-state index contributed by atoms with van der Waals surface area (Å²) < 4.78 is 18.3. The average Bonchev–Trinajstić information content (AvgIpc) is 3.17. The lowest BCUT2D eigenvalue weighted by Gasteiger charge is -2.07. The molecule has 0 atom stereocenters. The summed E-state index contributed by atoms with van der Waals surface area (Å²) in [6.07, 6.45) is 3.42. The van der Waals surface area contributed by atoms with Gasteiger partial charge in [0, 0.05) is 24.5 Å². The highest BCUT2D eigenvalue weighted by molar-refractivity contribution is 7.13. The lowest BCUT2D eigenvalue weighted by Crippen LogP contribution is -2.25. The Labute approximate surface area is 161 Å². The number of halogens is 1. The highest BCUT2D eigenvalue weighted by atomic mass is 32.1. The molecule has 0 fully saturated rings. The van der Waals surface area contributed by atoms with Crippen LogP contribution >= 0.6 is 11.3 Å². The molecule has 5 nitrogen and oxygen atoms in total. The summed E-state index contributed by atoms with van der Waals surface area (Å²) in [6.45, 7) is 1.00. The molecule has 7 heteroatoms. The summed E-state index contributed by atoms with van der Waals surface area (Å²) in [7, 11) is 0. The van der Waals surface area contributed by atoms with Crippen molar-refractivity contribution in [2.24, 2.45) is 0 Å². The van der Waals surface area contributed by atoms with Crippen LogP contribution in [0.1, 0.15) is 18.5 Å². The number of nitrogens with one attached hydrogen (secondary N) is 1. The molecule has 0 radical (unpaired) electrons. The molecule has 0 spiro atoms. The minimum Gasteiger partial charge on any atom is -0.494 e. The van der Waals surface area contributed by atoms with Gasteiger partial charge in [-0.2, -0.15) is 0 Å². The molecule has 0 saturated heterocycles. The SMILES string of the molecule is O=C(CCc1csc(-c2ccccn2)n1)NCCCOc1ccc(F)cc1. The van der Waals surface area contributed by atoms with E-state index in [1.54, 1.807) is 18.3 Å². The molecular weight excluding hydrogens is 365 g/mol. The fourth-order valence-corrected chi connectivity index (χ4v) is 3.21. The van der Waals surface area contributed by atoms with Gasteiger partial charge in [0.15, 0.2) is 0 Å². The number of carbonyl (C=O) groups excluding carboxylic acids is 1. The van der Waals surface area contributed by atoms with Crippen LogP contribution in [0.3, 0.4) is 0 Å². The molecule has 1 N–H and O–H groups in total. The predicted octanol–water partition coefficient (Wildman–Crippen LogP) is 3.86. The maximum Gasteiger partial charge on any atom is 0.220 e. The van der Waals surface area contributed by atoms with Gasteiger partial charge in [-0.1, -0.05) is 6.07 Å². The summed E-state index contributed by atoms with van der Waals surface area (Å²) in [4.78, 5) is 20.7. The Kier molecular flexibility index (Phi) is 6.87. The second-order valence-corrected chi connectivity index (χ2v) is 6.72. The Balaban J connectivity index is 1.32. The van der Waals surface area contributed by atoms with Crippen molar-refractivity contribution in [3.05, 3.63) is 65.6 Å². The van der Waals surface area contributed by atoms with Gasteiger partial charge in [0.25, 0.3) is 0 Å². The molecule has 1 aromatic carbocycles. The molecule has 0 aliphatic carbocycles. The molecule has 0 aliphatic rings. The number of carbonyl (C=O) groups is 1. The summed E-state index contributed by atoms with van der Waals surface area (Å²) in [5.41, 5.74) is 1.75. The zero-order valence-corrected chi connectivity index (χ0v) is 15.5. The minimum absolute atomic E-state index is 0.0100. The van der Waals surface area contributed by atoms with E-state index in [1.807, 2.05) is 23.6 Å². The van der Waals surface area contributed by atoms with Crippen LogP contribution in [0.4, 0.5) is 4.39 Å². The number of hydrogen-bond donors (Lipinski definition) is 1. The highest BCUT2D eigenvalue weighted by Gasteiger charge is 2.08. The van der Waals surface area contributed by atoms with Crippen molar-refractivity contribution in [3.63, 3.8) is 0 Å². The van der Waals surface area contributed by atoms with Crippen molar-refractivity contribution in [1.82, 2.24) is 15.3 Å². The number of nitrogens with zero attached hydrogens (tertiary/aromatic N) is 2. The van der Waals surface area contributed by atoms with E-state index in [4.69, 9.17) is 4.74 Å². The van der Waals surface area contributed by atoms with E-state index < -0.39 is 0 Å². The van der Waals surface area contributed by atoms with Gasteiger partial charge in [0.05, 0.1) is 18.0 Å². The van der Waals surface area contributed by atoms with Gasteiger partial charge in [0.2, 0.25) is 5.91 Å². The maximum absolute atomic E-state index is 12.8.